The molecule has 0 aliphatic carbocycles. The molecule has 0 radical (unpaired) electrons. The summed E-state index contributed by atoms with van der Waals surface area (Å²) in [6, 6.07) is 14.5. The molecule has 0 amide bonds. The van der Waals surface area contributed by atoms with Crippen LogP contribution in [0.15, 0.2) is 42.5 Å². The van der Waals surface area contributed by atoms with E-state index in [0.29, 0.717) is 13.0 Å². The number of benzene rings is 2. The molecule has 0 saturated carbocycles. The number of carboxylic acid groups (broad SMARTS) is 1. The number of carboxylic acids is 1. The highest BCUT2D eigenvalue weighted by molar-refractivity contribution is 5.85. The first-order valence-electron chi connectivity index (χ1n) is 6.07. The van der Waals surface area contributed by atoms with Gasteiger partial charge in [0, 0.05) is 13.0 Å². The quantitative estimate of drug-likeness (QED) is 0.873. The van der Waals surface area contributed by atoms with Crippen LogP contribution in [-0.2, 0) is 11.3 Å². The molecular weight excluding hydrogens is 226 g/mol. The zero-order chi connectivity index (χ0) is 13.4. The summed E-state index contributed by atoms with van der Waals surface area (Å²) in [6.45, 7) is 2.45. The van der Waals surface area contributed by atoms with Crippen LogP contribution < -0.4 is 5.73 Å². The van der Waals surface area contributed by atoms with Gasteiger partial charge in [-0.05, 0) is 22.8 Å². The maximum absolute atomic E-state index is 9.60. The highest BCUT2D eigenvalue weighted by Crippen LogP contribution is 2.17. The Morgan fingerprint density at radius 3 is 2.39 bits per heavy atom. The van der Waals surface area contributed by atoms with Gasteiger partial charge in [-0.15, -0.1) is 0 Å². The van der Waals surface area contributed by atoms with Crippen molar-refractivity contribution in [3.8, 4) is 0 Å². The van der Waals surface area contributed by atoms with Crippen molar-refractivity contribution in [2.24, 2.45) is 5.73 Å². The number of hydrogen-bond acceptors (Lipinski definition) is 2. The van der Waals surface area contributed by atoms with Crippen LogP contribution in [0.25, 0.3) is 10.8 Å². The standard InChI is InChI=1S/C11H11N.C4H8O2/c12-8-10-6-3-5-9-4-1-2-7-11(9)10;1-2-3-4(5)6/h1-7H,8,12H2;2-3H2,1H3,(H,5,6). The molecule has 2 rings (SSSR count). The molecule has 0 spiro atoms. The molecule has 0 saturated heterocycles. The van der Waals surface area contributed by atoms with E-state index in [1.165, 1.54) is 16.3 Å². The predicted octanol–water partition coefficient (Wildman–Crippen LogP) is 3.17. The third-order valence-corrected chi connectivity index (χ3v) is 2.56. The van der Waals surface area contributed by atoms with Gasteiger partial charge in [0.1, 0.15) is 0 Å². The Kier molecular flexibility index (Phi) is 5.88. The average Bonchev–Trinajstić information content (AvgIpc) is 2.38. The summed E-state index contributed by atoms with van der Waals surface area (Å²) in [4.78, 5) is 9.60. The molecule has 0 aliphatic rings. The van der Waals surface area contributed by atoms with E-state index in [1.807, 2.05) is 25.1 Å². The highest BCUT2D eigenvalue weighted by Gasteiger charge is 1.95. The third-order valence-electron chi connectivity index (χ3n) is 2.56. The first-order valence-corrected chi connectivity index (χ1v) is 6.07. The lowest BCUT2D eigenvalue weighted by Gasteiger charge is -2.02. The Balaban J connectivity index is 0.000000232. The molecule has 0 unspecified atom stereocenters. The first kappa shape index (κ1) is 14.2. The largest absolute Gasteiger partial charge is 0.481 e. The molecule has 96 valence electrons. The molecular formula is C15H19NO2. The maximum atomic E-state index is 9.60. The minimum atomic E-state index is -0.711. The van der Waals surface area contributed by atoms with Crippen molar-refractivity contribution in [3.05, 3.63) is 48.0 Å². The van der Waals surface area contributed by atoms with Gasteiger partial charge in [-0.25, -0.2) is 0 Å². The van der Waals surface area contributed by atoms with Crippen LogP contribution in [0.1, 0.15) is 25.3 Å². The second-order valence-electron chi connectivity index (χ2n) is 3.99. The average molecular weight is 245 g/mol. The smallest absolute Gasteiger partial charge is 0.303 e. The molecule has 0 aliphatic heterocycles. The van der Waals surface area contributed by atoms with E-state index in [9.17, 15) is 4.79 Å². The number of aliphatic carboxylic acids is 1. The van der Waals surface area contributed by atoms with E-state index in [2.05, 4.69) is 24.3 Å². The molecule has 0 atom stereocenters. The minimum absolute atomic E-state index is 0.292. The third kappa shape index (κ3) is 4.18. The van der Waals surface area contributed by atoms with Crippen molar-refractivity contribution in [2.75, 3.05) is 0 Å². The summed E-state index contributed by atoms with van der Waals surface area (Å²) in [5.74, 6) is -0.711. The number of nitrogens with two attached hydrogens (primary N) is 1. The Morgan fingerprint density at radius 1 is 1.17 bits per heavy atom. The molecule has 2 aromatic rings. The van der Waals surface area contributed by atoms with Gasteiger partial charge in [-0.2, -0.15) is 0 Å². The lowest BCUT2D eigenvalue weighted by atomic mass is 10.1. The minimum Gasteiger partial charge on any atom is -0.481 e. The van der Waals surface area contributed by atoms with Crippen LogP contribution >= 0.6 is 0 Å². The second-order valence-corrected chi connectivity index (χ2v) is 3.99. The van der Waals surface area contributed by atoms with Crippen molar-refractivity contribution in [1.29, 1.82) is 0 Å². The van der Waals surface area contributed by atoms with E-state index in [-0.39, 0.29) is 0 Å². The molecule has 3 heteroatoms. The molecule has 2 aromatic carbocycles. The molecule has 0 bridgehead atoms. The van der Waals surface area contributed by atoms with E-state index >= 15 is 0 Å². The summed E-state index contributed by atoms with van der Waals surface area (Å²) in [6.07, 6.45) is 1.02. The zero-order valence-electron chi connectivity index (χ0n) is 10.6. The topological polar surface area (TPSA) is 63.3 Å². The van der Waals surface area contributed by atoms with E-state index < -0.39 is 5.97 Å². The van der Waals surface area contributed by atoms with Gasteiger partial charge < -0.3 is 10.8 Å². The fraction of sp³-hybridized carbons (Fsp3) is 0.267. The number of fused-ring (bicyclic) bond motifs is 1. The summed E-state index contributed by atoms with van der Waals surface area (Å²) in [5, 5.41) is 10.4. The van der Waals surface area contributed by atoms with Gasteiger partial charge in [0.2, 0.25) is 0 Å². The van der Waals surface area contributed by atoms with Crippen molar-refractivity contribution in [1.82, 2.24) is 0 Å². The van der Waals surface area contributed by atoms with Gasteiger partial charge in [0.25, 0.3) is 0 Å². The normalized spacial score (nSPS) is 9.67. The second kappa shape index (κ2) is 7.45. The van der Waals surface area contributed by atoms with Crippen molar-refractivity contribution < 1.29 is 9.90 Å². The molecule has 0 aromatic heterocycles. The Labute approximate surface area is 107 Å². The Morgan fingerprint density at radius 2 is 1.83 bits per heavy atom. The van der Waals surface area contributed by atoms with Crippen LogP contribution in [0, 0.1) is 0 Å². The maximum Gasteiger partial charge on any atom is 0.303 e. The predicted molar refractivity (Wildman–Crippen MR) is 74.4 cm³/mol. The van der Waals surface area contributed by atoms with E-state index in [4.69, 9.17) is 10.8 Å². The Hall–Kier alpha value is -1.87. The highest BCUT2D eigenvalue weighted by atomic mass is 16.4. The fourth-order valence-electron chi connectivity index (χ4n) is 1.68. The van der Waals surface area contributed by atoms with E-state index in [0.717, 1.165) is 6.42 Å². The van der Waals surface area contributed by atoms with Crippen molar-refractivity contribution in [2.45, 2.75) is 26.3 Å². The molecule has 3 N–H and O–H groups in total. The molecule has 0 heterocycles. The van der Waals surface area contributed by atoms with Crippen LogP contribution in [0.4, 0.5) is 0 Å². The number of hydrogen-bond donors (Lipinski definition) is 2. The van der Waals surface area contributed by atoms with Gasteiger partial charge in [0.05, 0.1) is 0 Å². The first-order chi connectivity index (χ1) is 8.69. The Bertz CT molecular complexity index is 503. The summed E-state index contributed by atoms with van der Waals surface area (Å²) >= 11 is 0. The van der Waals surface area contributed by atoms with E-state index in [1.54, 1.807) is 0 Å². The fourth-order valence-corrected chi connectivity index (χ4v) is 1.68. The van der Waals surface area contributed by atoms with Crippen molar-refractivity contribution in [3.63, 3.8) is 0 Å². The lowest BCUT2D eigenvalue weighted by Crippen LogP contribution is -1.96. The van der Waals surface area contributed by atoms with Crippen LogP contribution in [0.5, 0.6) is 0 Å². The van der Waals surface area contributed by atoms with Gasteiger partial charge in [0.15, 0.2) is 0 Å². The lowest BCUT2D eigenvalue weighted by molar-refractivity contribution is -0.137. The number of rotatable bonds is 3. The monoisotopic (exact) mass is 245 g/mol. The SMILES string of the molecule is CCCC(=O)O.NCc1cccc2ccccc12. The number of carbonyl (C=O) groups is 1. The summed E-state index contributed by atoms with van der Waals surface area (Å²) in [5.41, 5.74) is 6.83. The van der Waals surface area contributed by atoms with Crippen molar-refractivity contribution >= 4 is 16.7 Å². The molecule has 3 nitrogen and oxygen atoms in total. The van der Waals surface area contributed by atoms with Crippen LogP contribution in [0.2, 0.25) is 0 Å². The summed E-state index contributed by atoms with van der Waals surface area (Å²) < 4.78 is 0. The van der Waals surface area contributed by atoms with Gasteiger partial charge in [-0.3, -0.25) is 4.79 Å². The van der Waals surface area contributed by atoms with Gasteiger partial charge in [-0.1, -0.05) is 49.4 Å². The van der Waals surface area contributed by atoms with Gasteiger partial charge >= 0.3 is 5.97 Å². The summed E-state index contributed by atoms with van der Waals surface area (Å²) in [7, 11) is 0. The van der Waals surface area contributed by atoms with Crippen LogP contribution in [-0.4, -0.2) is 11.1 Å². The zero-order valence-corrected chi connectivity index (χ0v) is 10.6. The molecule has 0 fully saturated rings. The molecule has 18 heavy (non-hydrogen) atoms. The van der Waals surface area contributed by atoms with Crippen LogP contribution in [0.3, 0.4) is 0 Å².